The van der Waals surface area contributed by atoms with E-state index in [0.29, 0.717) is 24.1 Å². The van der Waals surface area contributed by atoms with Crippen molar-refractivity contribution in [3.63, 3.8) is 0 Å². The zero-order valence-electron chi connectivity index (χ0n) is 18.5. The van der Waals surface area contributed by atoms with Crippen LogP contribution in [0.5, 0.6) is 0 Å². The SMILES string of the molecule is CCn1cc(CN2C[C@@H]3[C@@H](CNC(=O)c4cccn4C)CO[C@@H]3C2)cn1.O=C(O)C(F)(F)F. The molecule has 182 valence electrons. The molecular formula is C21H28F3N5O4. The van der Waals surface area contributed by atoms with E-state index in [4.69, 9.17) is 14.6 Å². The molecule has 2 aromatic rings. The first-order valence-corrected chi connectivity index (χ1v) is 10.6. The number of aryl methyl sites for hydroxylation is 2. The number of nitrogens with one attached hydrogen (secondary N) is 1. The van der Waals surface area contributed by atoms with Gasteiger partial charge in [0.25, 0.3) is 5.91 Å². The van der Waals surface area contributed by atoms with Crippen LogP contribution in [0.3, 0.4) is 0 Å². The van der Waals surface area contributed by atoms with Gasteiger partial charge in [-0.2, -0.15) is 18.3 Å². The van der Waals surface area contributed by atoms with Crippen molar-refractivity contribution in [2.45, 2.75) is 32.3 Å². The molecule has 1 amide bonds. The summed E-state index contributed by atoms with van der Waals surface area (Å²) >= 11 is 0. The van der Waals surface area contributed by atoms with Crippen LogP contribution in [0.1, 0.15) is 23.0 Å². The van der Waals surface area contributed by atoms with Gasteiger partial charge in [0, 0.05) is 69.6 Å². The number of carbonyl (C=O) groups excluding carboxylic acids is 1. The Labute approximate surface area is 189 Å². The Hall–Kier alpha value is -2.86. The van der Waals surface area contributed by atoms with Gasteiger partial charge in [0.15, 0.2) is 0 Å². The molecule has 3 atom stereocenters. The molecule has 0 radical (unpaired) electrons. The summed E-state index contributed by atoms with van der Waals surface area (Å²) in [6, 6.07) is 3.73. The Kier molecular flexibility index (Phi) is 7.80. The van der Waals surface area contributed by atoms with E-state index in [1.54, 1.807) is 0 Å². The summed E-state index contributed by atoms with van der Waals surface area (Å²) in [4.78, 5) is 23.7. The number of carboxylic acid groups (broad SMARTS) is 1. The third-order valence-electron chi connectivity index (χ3n) is 5.88. The Balaban J connectivity index is 0.000000383. The van der Waals surface area contributed by atoms with Gasteiger partial charge in [-0.1, -0.05) is 0 Å². The van der Waals surface area contributed by atoms with Crippen LogP contribution in [0.2, 0.25) is 0 Å². The summed E-state index contributed by atoms with van der Waals surface area (Å²) in [7, 11) is 1.89. The van der Waals surface area contributed by atoms with Gasteiger partial charge >= 0.3 is 12.1 Å². The molecule has 12 heteroatoms. The minimum Gasteiger partial charge on any atom is -0.475 e. The molecule has 9 nitrogen and oxygen atoms in total. The number of fused-ring (bicyclic) bond motifs is 1. The molecule has 2 aliphatic heterocycles. The minimum absolute atomic E-state index is 0.0113. The van der Waals surface area contributed by atoms with Gasteiger partial charge in [0.05, 0.1) is 18.9 Å². The molecule has 0 bridgehead atoms. The first-order chi connectivity index (χ1) is 15.6. The van der Waals surface area contributed by atoms with Gasteiger partial charge in [-0.3, -0.25) is 14.4 Å². The number of rotatable bonds is 6. The highest BCUT2D eigenvalue weighted by atomic mass is 19.4. The highest BCUT2D eigenvalue weighted by molar-refractivity contribution is 5.92. The van der Waals surface area contributed by atoms with E-state index in [0.717, 1.165) is 32.8 Å². The summed E-state index contributed by atoms with van der Waals surface area (Å²) in [6.45, 7) is 7.31. The average Bonchev–Trinajstić information content (AvgIpc) is 3.51. The van der Waals surface area contributed by atoms with E-state index in [1.165, 1.54) is 5.56 Å². The van der Waals surface area contributed by atoms with Crippen molar-refractivity contribution in [3.05, 3.63) is 42.0 Å². The first-order valence-electron chi connectivity index (χ1n) is 10.6. The number of carboxylic acids is 1. The summed E-state index contributed by atoms with van der Waals surface area (Å²) in [5.41, 5.74) is 1.95. The number of alkyl halides is 3. The number of ether oxygens (including phenoxy) is 1. The van der Waals surface area contributed by atoms with Crippen molar-refractivity contribution in [3.8, 4) is 0 Å². The van der Waals surface area contributed by atoms with E-state index in [9.17, 15) is 18.0 Å². The summed E-state index contributed by atoms with van der Waals surface area (Å²) in [5.74, 6) is -1.90. The molecular weight excluding hydrogens is 443 g/mol. The molecule has 0 spiro atoms. The fourth-order valence-electron chi connectivity index (χ4n) is 4.15. The van der Waals surface area contributed by atoms with Crippen LogP contribution in [0, 0.1) is 11.8 Å². The average molecular weight is 471 g/mol. The Morgan fingerprint density at radius 3 is 2.64 bits per heavy atom. The van der Waals surface area contributed by atoms with Crippen molar-refractivity contribution in [2.24, 2.45) is 18.9 Å². The number of carbonyl (C=O) groups is 2. The normalized spacial score (nSPS) is 22.5. The number of hydrogen-bond acceptors (Lipinski definition) is 5. The minimum atomic E-state index is -5.08. The number of amides is 1. The van der Waals surface area contributed by atoms with Crippen molar-refractivity contribution in [1.82, 2.24) is 24.6 Å². The second-order valence-corrected chi connectivity index (χ2v) is 8.21. The van der Waals surface area contributed by atoms with Gasteiger partial charge < -0.3 is 19.7 Å². The summed E-state index contributed by atoms with van der Waals surface area (Å²) < 4.78 is 41.6. The van der Waals surface area contributed by atoms with Crippen LogP contribution >= 0.6 is 0 Å². The Bertz CT molecular complexity index is 958. The number of nitrogens with zero attached hydrogens (tertiary/aromatic N) is 4. The van der Waals surface area contributed by atoms with Gasteiger partial charge in [0.2, 0.25) is 0 Å². The maximum Gasteiger partial charge on any atom is 0.490 e. The fraction of sp³-hybridized carbons (Fsp3) is 0.571. The molecule has 2 N–H and O–H groups in total. The summed E-state index contributed by atoms with van der Waals surface area (Å²) in [6.07, 6.45) is 1.16. The largest absolute Gasteiger partial charge is 0.490 e. The summed E-state index contributed by atoms with van der Waals surface area (Å²) in [5, 5.41) is 14.6. The zero-order chi connectivity index (χ0) is 24.2. The first kappa shape index (κ1) is 24.8. The van der Waals surface area contributed by atoms with Gasteiger partial charge in [-0.05, 0) is 19.1 Å². The van der Waals surface area contributed by atoms with Crippen LogP contribution < -0.4 is 5.32 Å². The van der Waals surface area contributed by atoms with Crippen molar-refractivity contribution in [2.75, 3.05) is 26.2 Å². The molecule has 2 aliphatic rings. The maximum absolute atomic E-state index is 12.3. The highest BCUT2D eigenvalue weighted by Gasteiger charge is 2.43. The zero-order valence-corrected chi connectivity index (χ0v) is 18.5. The van der Waals surface area contributed by atoms with E-state index in [-0.39, 0.29) is 12.0 Å². The second-order valence-electron chi connectivity index (χ2n) is 8.21. The van der Waals surface area contributed by atoms with Crippen LogP contribution in [-0.4, -0.2) is 74.8 Å². The number of aliphatic carboxylic acids is 1. The number of hydrogen-bond donors (Lipinski definition) is 2. The third-order valence-corrected chi connectivity index (χ3v) is 5.88. The lowest BCUT2D eigenvalue weighted by molar-refractivity contribution is -0.192. The predicted molar refractivity (Wildman–Crippen MR) is 111 cm³/mol. The molecule has 2 aromatic heterocycles. The smallest absolute Gasteiger partial charge is 0.475 e. The van der Waals surface area contributed by atoms with Crippen LogP contribution in [0.25, 0.3) is 0 Å². The maximum atomic E-state index is 12.3. The van der Waals surface area contributed by atoms with Gasteiger partial charge in [-0.15, -0.1) is 0 Å². The number of likely N-dealkylation sites (tertiary alicyclic amines) is 1. The lowest BCUT2D eigenvalue weighted by atomic mass is 9.93. The molecule has 4 heterocycles. The molecule has 0 unspecified atom stereocenters. The Morgan fingerprint density at radius 2 is 2.06 bits per heavy atom. The van der Waals surface area contributed by atoms with E-state index < -0.39 is 12.1 Å². The predicted octanol–water partition coefficient (Wildman–Crippen LogP) is 1.75. The van der Waals surface area contributed by atoms with Gasteiger partial charge in [0.1, 0.15) is 5.69 Å². The third kappa shape index (κ3) is 6.35. The van der Waals surface area contributed by atoms with Crippen molar-refractivity contribution >= 4 is 11.9 Å². The second kappa shape index (κ2) is 10.4. The number of halogens is 3. The van der Waals surface area contributed by atoms with E-state index >= 15 is 0 Å². The van der Waals surface area contributed by atoms with Crippen LogP contribution in [0.4, 0.5) is 13.2 Å². The molecule has 33 heavy (non-hydrogen) atoms. The van der Waals surface area contributed by atoms with Crippen molar-refractivity contribution in [1.29, 1.82) is 0 Å². The molecule has 2 saturated heterocycles. The highest BCUT2D eigenvalue weighted by Crippen LogP contribution is 2.34. The van der Waals surface area contributed by atoms with E-state index in [1.807, 2.05) is 40.8 Å². The Morgan fingerprint density at radius 1 is 1.33 bits per heavy atom. The quantitative estimate of drug-likeness (QED) is 0.666. The molecule has 0 aliphatic carbocycles. The van der Waals surface area contributed by atoms with Gasteiger partial charge in [-0.25, -0.2) is 4.79 Å². The number of aromatic nitrogens is 3. The standard InChI is InChI=1S/C19H27N5O2.C2HF3O2/c1-3-24-10-14(7-21-24)9-23-11-16-15(13-26-18(16)12-23)8-20-19(25)17-5-4-6-22(17)2;3-2(4,5)1(6)7/h4-7,10,15-16,18H,3,8-9,11-13H2,1-2H3,(H,20,25);(H,6,7)/t15-,16+,18+;/m0./s1. The lowest BCUT2D eigenvalue weighted by Gasteiger charge is -2.19. The molecule has 0 aromatic carbocycles. The van der Waals surface area contributed by atoms with Crippen molar-refractivity contribution < 1.29 is 32.6 Å². The molecule has 4 rings (SSSR count). The molecule has 0 saturated carbocycles. The fourth-order valence-corrected chi connectivity index (χ4v) is 4.15. The van der Waals surface area contributed by atoms with Crippen LogP contribution in [-0.2, 0) is 29.7 Å². The molecule has 2 fully saturated rings. The topological polar surface area (TPSA) is 102 Å². The van der Waals surface area contributed by atoms with Crippen LogP contribution in [0.15, 0.2) is 30.7 Å². The monoisotopic (exact) mass is 471 g/mol. The lowest BCUT2D eigenvalue weighted by Crippen LogP contribution is -2.34. The van der Waals surface area contributed by atoms with E-state index in [2.05, 4.69) is 28.4 Å².